The van der Waals surface area contributed by atoms with Crippen LogP contribution in [0, 0.1) is 27.7 Å². The van der Waals surface area contributed by atoms with Gasteiger partial charge in [0.2, 0.25) is 0 Å². The number of fused-ring (bicyclic) bond motifs is 4. The molecule has 64 heavy (non-hydrogen) atoms. The highest BCUT2D eigenvalue weighted by Gasteiger charge is 2.25. The molecule has 0 saturated heterocycles. The fourth-order valence-corrected chi connectivity index (χ4v) is 9.73. The van der Waals surface area contributed by atoms with E-state index in [1.165, 1.54) is 99.0 Å². The molecule has 0 atom stereocenters. The van der Waals surface area contributed by atoms with Crippen LogP contribution in [0.2, 0.25) is 0 Å². The quantitative estimate of drug-likeness (QED) is 0.141. The highest BCUT2D eigenvalue weighted by atomic mass is 15.2. The molecule has 11 aromatic carbocycles. The number of aryl methyl sites for hydroxylation is 4. The van der Waals surface area contributed by atoms with E-state index in [9.17, 15) is 0 Å². The van der Waals surface area contributed by atoms with Gasteiger partial charge < -0.3 is 9.80 Å². The number of nitrogens with zero attached hydrogens (tertiary/aromatic N) is 2. The van der Waals surface area contributed by atoms with Gasteiger partial charge in [-0.3, -0.25) is 0 Å². The molecule has 0 amide bonds. The topological polar surface area (TPSA) is 6.48 Å². The minimum Gasteiger partial charge on any atom is -0.309 e. The molecule has 0 saturated carbocycles. The highest BCUT2D eigenvalue weighted by molar-refractivity contribution is 6.24. The first-order chi connectivity index (χ1) is 31.4. The van der Waals surface area contributed by atoms with Crippen LogP contribution in [-0.4, -0.2) is 0 Å². The van der Waals surface area contributed by atoms with Crippen LogP contribution in [0.25, 0.3) is 65.3 Å². The van der Waals surface area contributed by atoms with E-state index in [1.807, 2.05) is 0 Å². The number of benzene rings is 11. The summed E-state index contributed by atoms with van der Waals surface area (Å²) in [5, 5.41) is 9.68. The van der Waals surface area contributed by atoms with Gasteiger partial charge in [-0.25, -0.2) is 0 Å². The van der Waals surface area contributed by atoms with Crippen LogP contribution < -0.4 is 9.80 Å². The van der Waals surface area contributed by atoms with Crippen molar-refractivity contribution in [3.63, 3.8) is 0 Å². The molecule has 306 valence electrons. The minimum atomic E-state index is 1.13. The summed E-state index contributed by atoms with van der Waals surface area (Å²) in [6, 6.07) is 80.8. The van der Waals surface area contributed by atoms with Crippen molar-refractivity contribution in [2.45, 2.75) is 27.7 Å². The summed E-state index contributed by atoms with van der Waals surface area (Å²) in [5.74, 6) is 0. The molecule has 0 heterocycles. The highest BCUT2D eigenvalue weighted by Crippen LogP contribution is 2.51. The molecule has 0 radical (unpaired) electrons. The number of hydrogen-bond acceptors (Lipinski definition) is 2. The maximum Gasteiger partial charge on any atom is 0.0618 e. The first-order valence-corrected chi connectivity index (χ1v) is 22.3. The van der Waals surface area contributed by atoms with E-state index in [0.717, 1.165) is 22.7 Å². The maximum atomic E-state index is 2.44. The monoisotopic (exact) mass is 820 g/mol. The summed E-state index contributed by atoms with van der Waals surface area (Å²) < 4.78 is 0. The van der Waals surface area contributed by atoms with Gasteiger partial charge in [-0.1, -0.05) is 186 Å². The van der Waals surface area contributed by atoms with Crippen molar-refractivity contribution in [1.29, 1.82) is 0 Å². The van der Waals surface area contributed by atoms with Crippen molar-refractivity contribution in [3.8, 4) is 22.3 Å². The van der Waals surface area contributed by atoms with Gasteiger partial charge >= 0.3 is 0 Å². The Labute approximate surface area is 375 Å². The molecule has 2 heteroatoms. The number of rotatable bonds is 8. The Hall–Kier alpha value is -7.94. The van der Waals surface area contributed by atoms with Crippen molar-refractivity contribution in [2.75, 3.05) is 9.80 Å². The van der Waals surface area contributed by atoms with Crippen LogP contribution in [0.1, 0.15) is 22.3 Å². The van der Waals surface area contributed by atoms with Gasteiger partial charge in [0, 0.05) is 44.3 Å². The number of anilines is 6. The summed E-state index contributed by atoms with van der Waals surface area (Å²) in [7, 11) is 0. The Morgan fingerprint density at radius 3 is 0.719 bits per heavy atom. The van der Waals surface area contributed by atoms with Gasteiger partial charge in [0.1, 0.15) is 0 Å². The van der Waals surface area contributed by atoms with Gasteiger partial charge in [0.15, 0.2) is 0 Å². The third-order valence-electron chi connectivity index (χ3n) is 12.9. The lowest BCUT2D eigenvalue weighted by atomic mass is 9.86. The fraction of sp³-hybridized carbons (Fsp3) is 0.0645. The van der Waals surface area contributed by atoms with Crippen molar-refractivity contribution in [1.82, 2.24) is 0 Å². The van der Waals surface area contributed by atoms with Crippen LogP contribution in [0.3, 0.4) is 0 Å². The zero-order valence-corrected chi connectivity index (χ0v) is 36.7. The van der Waals surface area contributed by atoms with Crippen LogP contribution in [0.4, 0.5) is 34.1 Å². The summed E-state index contributed by atoms with van der Waals surface area (Å²) in [6.45, 7) is 8.61. The summed E-state index contributed by atoms with van der Waals surface area (Å²) >= 11 is 0. The van der Waals surface area contributed by atoms with Crippen LogP contribution in [-0.2, 0) is 0 Å². The lowest BCUT2D eigenvalue weighted by Gasteiger charge is -2.30. The molecule has 0 aromatic heterocycles. The molecule has 0 aliphatic heterocycles. The number of hydrogen-bond donors (Lipinski definition) is 0. The van der Waals surface area contributed by atoms with Gasteiger partial charge in [-0.2, -0.15) is 0 Å². The summed E-state index contributed by atoms with van der Waals surface area (Å²) in [5.41, 5.74) is 16.7. The van der Waals surface area contributed by atoms with E-state index in [-0.39, 0.29) is 0 Å². The standard InChI is InChI=1S/C62H48N2/c1-41-24-32-47(33-25-41)63(48-34-26-42(2)27-35-48)61-55-20-9-5-16-51(55)59(52-17-6-10-21-56(52)61)45-14-13-15-46(40-45)60-53-18-7-11-22-57(53)62(58-23-12-8-19-54(58)60)64(49-36-28-43(3)29-37-49)50-38-30-44(4)31-39-50/h5-40H,1-4H3. The normalized spacial score (nSPS) is 11.4. The Bertz CT molecular complexity index is 3070. The molecular weight excluding hydrogens is 773 g/mol. The minimum absolute atomic E-state index is 1.13. The molecule has 0 fully saturated rings. The van der Waals surface area contributed by atoms with Gasteiger partial charge in [-0.05, 0) is 126 Å². The molecule has 0 bridgehead atoms. The Morgan fingerprint density at radius 1 is 0.234 bits per heavy atom. The molecule has 0 unspecified atom stereocenters. The van der Waals surface area contributed by atoms with E-state index in [1.54, 1.807) is 0 Å². The predicted molar refractivity (Wildman–Crippen MR) is 276 cm³/mol. The Balaban J connectivity index is 1.16. The van der Waals surface area contributed by atoms with E-state index in [2.05, 4.69) is 256 Å². The van der Waals surface area contributed by atoms with E-state index < -0.39 is 0 Å². The summed E-state index contributed by atoms with van der Waals surface area (Å²) in [6.07, 6.45) is 0. The molecule has 11 rings (SSSR count). The van der Waals surface area contributed by atoms with Gasteiger partial charge in [0.25, 0.3) is 0 Å². The molecule has 0 N–H and O–H groups in total. The van der Waals surface area contributed by atoms with Crippen molar-refractivity contribution in [3.05, 3.63) is 241 Å². The van der Waals surface area contributed by atoms with Crippen molar-refractivity contribution in [2.24, 2.45) is 0 Å². The van der Waals surface area contributed by atoms with E-state index >= 15 is 0 Å². The lowest BCUT2D eigenvalue weighted by molar-refractivity contribution is 1.29. The zero-order chi connectivity index (χ0) is 43.3. The van der Waals surface area contributed by atoms with E-state index in [0.29, 0.717) is 0 Å². The van der Waals surface area contributed by atoms with Gasteiger partial charge in [-0.15, -0.1) is 0 Å². The fourth-order valence-electron chi connectivity index (χ4n) is 9.73. The van der Waals surface area contributed by atoms with Crippen molar-refractivity contribution < 1.29 is 0 Å². The lowest BCUT2D eigenvalue weighted by Crippen LogP contribution is -2.11. The third-order valence-corrected chi connectivity index (χ3v) is 12.9. The summed E-state index contributed by atoms with van der Waals surface area (Å²) in [4.78, 5) is 4.89. The third kappa shape index (κ3) is 6.76. The molecule has 0 aliphatic rings. The predicted octanol–water partition coefficient (Wildman–Crippen LogP) is 17.8. The molecule has 0 aliphatic carbocycles. The molecular formula is C62H48N2. The molecule has 0 spiro atoms. The molecule has 11 aromatic rings. The average Bonchev–Trinajstić information content (AvgIpc) is 3.33. The van der Waals surface area contributed by atoms with E-state index in [4.69, 9.17) is 0 Å². The maximum absolute atomic E-state index is 2.44. The van der Waals surface area contributed by atoms with Crippen LogP contribution >= 0.6 is 0 Å². The first-order valence-electron chi connectivity index (χ1n) is 22.3. The van der Waals surface area contributed by atoms with Gasteiger partial charge in [0.05, 0.1) is 11.4 Å². The Morgan fingerprint density at radius 2 is 0.469 bits per heavy atom. The second-order valence-electron chi connectivity index (χ2n) is 17.2. The first kappa shape index (κ1) is 38.9. The second-order valence-corrected chi connectivity index (χ2v) is 17.2. The van der Waals surface area contributed by atoms with Crippen molar-refractivity contribution >= 4 is 77.2 Å². The van der Waals surface area contributed by atoms with Crippen LogP contribution in [0.5, 0.6) is 0 Å². The average molecular weight is 821 g/mol. The zero-order valence-electron chi connectivity index (χ0n) is 36.7. The largest absolute Gasteiger partial charge is 0.309 e. The SMILES string of the molecule is Cc1ccc(N(c2ccc(C)cc2)c2c3ccccc3c(-c3cccc(-c4c5ccccc5c(N(c5ccc(C)cc5)c5ccc(C)cc5)c5ccccc45)c3)c3ccccc23)cc1. The second kappa shape index (κ2) is 16.1. The smallest absolute Gasteiger partial charge is 0.0618 e. The molecule has 2 nitrogen and oxygen atoms in total. The Kier molecular flexibility index (Phi) is 9.78. The van der Waals surface area contributed by atoms with Crippen LogP contribution in [0.15, 0.2) is 218 Å².